The number of carbonyl (C=O) groups is 1. The van der Waals surface area contributed by atoms with E-state index in [2.05, 4.69) is 0 Å². The SMILES string of the molecule is Nc1cc(C(=O)c2cc(N)c(O)c(Cl)c2)cc(Cl)c1O. The smallest absolute Gasteiger partial charge is 0.193 e. The van der Waals surface area contributed by atoms with Crippen molar-refractivity contribution in [2.75, 3.05) is 11.5 Å². The summed E-state index contributed by atoms with van der Waals surface area (Å²) in [6.45, 7) is 0. The molecule has 5 nitrogen and oxygen atoms in total. The van der Waals surface area contributed by atoms with Crippen molar-refractivity contribution in [3.8, 4) is 11.5 Å². The van der Waals surface area contributed by atoms with Crippen LogP contribution in [0.25, 0.3) is 0 Å². The van der Waals surface area contributed by atoms with E-state index in [4.69, 9.17) is 34.7 Å². The zero-order valence-corrected chi connectivity index (χ0v) is 11.5. The van der Waals surface area contributed by atoms with Crippen LogP contribution in [0.3, 0.4) is 0 Å². The summed E-state index contributed by atoms with van der Waals surface area (Å²) in [7, 11) is 0. The molecule has 0 saturated carbocycles. The van der Waals surface area contributed by atoms with Crippen LogP contribution >= 0.6 is 23.2 Å². The van der Waals surface area contributed by atoms with Crippen LogP contribution in [0.4, 0.5) is 11.4 Å². The van der Waals surface area contributed by atoms with Crippen LogP contribution in [0.15, 0.2) is 24.3 Å². The Balaban J connectivity index is 2.52. The molecular weight excluding hydrogens is 303 g/mol. The lowest BCUT2D eigenvalue weighted by atomic mass is 10.0. The second kappa shape index (κ2) is 5.11. The number of hydrogen-bond acceptors (Lipinski definition) is 5. The third-order valence-electron chi connectivity index (χ3n) is 2.71. The van der Waals surface area contributed by atoms with Crippen LogP contribution < -0.4 is 11.5 Å². The Kier molecular flexibility index (Phi) is 3.65. The molecule has 6 N–H and O–H groups in total. The first kappa shape index (κ1) is 14.3. The minimum atomic E-state index is -0.438. The van der Waals surface area contributed by atoms with Gasteiger partial charge in [0, 0.05) is 11.1 Å². The average Bonchev–Trinajstić information content (AvgIpc) is 2.40. The number of carbonyl (C=O) groups excluding carboxylic acids is 1. The summed E-state index contributed by atoms with van der Waals surface area (Å²) in [6.07, 6.45) is 0. The van der Waals surface area contributed by atoms with Gasteiger partial charge in [0.2, 0.25) is 0 Å². The minimum Gasteiger partial charge on any atom is -0.504 e. The van der Waals surface area contributed by atoms with Crippen molar-refractivity contribution in [2.45, 2.75) is 0 Å². The molecule has 7 heteroatoms. The molecule has 0 fully saturated rings. The van der Waals surface area contributed by atoms with Gasteiger partial charge in [0.05, 0.1) is 21.4 Å². The van der Waals surface area contributed by atoms with Crippen molar-refractivity contribution in [3.05, 3.63) is 45.4 Å². The summed E-state index contributed by atoms with van der Waals surface area (Å²) < 4.78 is 0. The highest BCUT2D eigenvalue weighted by molar-refractivity contribution is 6.34. The molecule has 0 unspecified atom stereocenters. The predicted molar refractivity (Wildman–Crippen MR) is 78.5 cm³/mol. The van der Waals surface area contributed by atoms with Crippen LogP contribution in [-0.2, 0) is 0 Å². The van der Waals surface area contributed by atoms with Crippen LogP contribution in [0.2, 0.25) is 10.0 Å². The van der Waals surface area contributed by atoms with E-state index in [0.717, 1.165) is 0 Å². The summed E-state index contributed by atoms with van der Waals surface area (Å²) in [5.74, 6) is -1.01. The zero-order chi connectivity index (χ0) is 15.0. The third-order valence-corrected chi connectivity index (χ3v) is 3.29. The van der Waals surface area contributed by atoms with E-state index >= 15 is 0 Å². The third kappa shape index (κ3) is 2.45. The molecule has 0 aromatic heterocycles. The van der Waals surface area contributed by atoms with Crippen LogP contribution in [0.5, 0.6) is 11.5 Å². The van der Waals surface area contributed by atoms with Crippen molar-refractivity contribution >= 4 is 40.4 Å². The minimum absolute atomic E-state index is 0.0151. The number of phenolic OH excluding ortho intramolecular Hbond substituents is 2. The molecule has 2 aromatic carbocycles. The highest BCUT2D eigenvalue weighted by Crippen LogP contribution is 2.34. The Bertz CT molecular complexity index is 611. The second-order valence-electron chi connectivity index (χ2n) is 4.12. The average molecular weight is 313 g/mol. The second-order valence-corrected chi connectivity index (χ2v) is 4.94. The number of anilines is 2. The maximum Gasteiger partial charge on any atom is 0.193 e. The van der Waals surface area contributed by atoms with Gasteiger partial charge in [-0.2, -0.15) is 0 Å². The topological polar surface area (TPSA) is 110 Å². The van der Waals surface area contributed by atoms with Crippen molar-refractivity contribution in [2.24, 2.45) is 0 Å². The van der Waals surface area contributed by atoms with Crippen molar-refractivity contribution < 1.29 is 15.0 Å². The van der Waals surface area contributed by atoms with Gasteiger partial charge in [0.1, 0.15) is 0 Å². The zero-order valence-electron chi connectivity index (χ0n) is 10.0. The van der Waals surface area contributed by atoms with Crippen molar-refractivity contribution in [1.82, 2.24) is 0 Å². The monoisotopic (exact) mass is 312 g/mol. The van der Waals surface area contributed by atoms with Gasteiger partial charge in [-0.15, -0.1) is 0 Å². The van der Waals surface area contributed by atoms with Gasteiger partial charge in [0.15, 0.2) is 17.3 Å². The Morgan fingerprint density at radius 2 is 1.20 bits per heavy atom. The van der Waals surface area contributed by atoms with Crippen LogP contribution in [0, 0.1) is 0 Å². The Labute approximate surface area is 124 Å². The lowest BCUT2D eigenvalue weighted by Gasteiger charge is -2.08. The molecule has 0 aliphatic carbocycles. The van der Waals surface area contributed by atoms with Gasteiger partial charge in [-0.1, -0.05) is 23.2 Å². The number of nitrogen functional groups attached to an aromatic ring is 2. The number of phenols is 2. The van der Waals surface area contributed by atoms with E-state index in [1.807, 2.05) is 0 Å². The summed E-state index contributed by atoms with van der Waals surface area (Å²) in [5.41, 5.74) is 11.4. The maximum atomic E-state index is 12.3. The molecule has 0 amide bonds. The summed E-state index contributed by atoms with van der Waals surface area (Å²) in [6, 6.07) is 5.15. The van der Waals surface area contributed by atoms with E-state index in [1.165, 1.54) is 24.3 Å². The number of benzene rings is 2. The molecule has 2 rings (SSSR count). The van der Waals surface area contributed by atoms with E-state index in [-0.39, 0.29) is 44.0 Å². The number of halogens is 2. The molecule has 0 aliphatic heterocycles. The Morgan fingerprint density at radius 1 is 0.850 bits per heavy atom. The molecule has 20 heavy (non-hydrogen) atoms. The largest absolute Gasteiger partial charge is 0.504 e. The molecule has 0 spiro atoms. The summed E-state index contributed by atoms with van der Waals surface area (Å²) >= 11 is 11.5. The molecule has 0 heterocycles. The predicted octanol–water partition coefficient (Wildman–Crippen LogP) is 2.80. The van der Waals surface area contributed by atoms with E-state index in [9.17, 15) is 15.0 Å². The van der Waals surface area contributed by atoms with Gasteiger partial charge >= 0.3 is 0 Å². The first-order valence-corrected chi connectivity index (χ1v) is 6.17. The first-order valence-electron chi connectivity index (χ1n) is 5.42. The number of rotatable bonds is 2. The van der Waals surface area contributed by atoms with Crippen molar-refractivity contribution in [1.29, 1.82) is 0 Å². The first-order chi connectivity index (χ1) is 9.31. The lowest BCUT2D eigenvalue weighted by Crippen LogP contribution is -2.04. The standard InChI is InChI=1S/C13H10Cl2N2O3/c14-7-1-5(3-9(16)12(7)19)11(18)6-2-8(15)13(20)10(17)4-6/h1-4,19-20H,16-17H2. The highest BCUT2D eigenvalue weighted by Gasteiger charge is 2.16. The Hall–Kier alpha value is -2.11. The number of hydrogen-bond donors (Lipinski definition) is 4. The molecular formula is C13H10Cl2N2O3. The Morgan fingerprint density at radius 3 is 1.50 bits per heavy atom. The van der Waals surface area contributed by atoms with Crippen molar-refractivity contribution in [3.63, 3.8) is 0 Å². The lowest BCUT2D eigenvalue weighted by molar-refractivity contribution is 0.103. The van der Waals surface area contributed by atoms with Gasteiger partial charge in [-0.25, -0.2) is 0 Å². The van der Waals surface area contributed by atoms with Gasteiger partial charge in [-0.05, 0) is 24.3 Å². The molecule has 0 bridgehead atoms. The van der Waals surface area contributed by atoms with E-state index < -0.39 is 5.78 Å². The maximum absolute atomic E-state index is 12.3. The highest BCUT2D eigenvalue weighted by atomic mass is 35.5. The van der Waals surface area contributed by atoms with Crippen LogP contribution in [-0.4, -0.2) is 16.0 Å². The van der Waals surface area contributed by atoms with Gasteiger partial charge in [-0.3, -0.25) is 4.79 Å². The molecule has 2 aromatic rings. The molecule has 0 aliphatic rings. The molecule has 0 atom stereocenters. The normalized spacial score (nSPS) is 10.5. The van der Waals surface area contributed by atoms with E-state index in [0.29, 0.717) is 0 Å². The summed E-state index contributed by atoms with van der Waals surface area (Å²) in [5, 5.41) is 18.9. The van der Waals surface area contributed by atoms with Gasteiger partial charge in [0.25, 0.3) is 0 Å². The fourth-order valence-corrected chi connectivity index (χ4v) is 2.12. The fourth-order valence-electron chi connectivity index (χ4n) is 1.67. The number of aromatic hydroxyl groups is 2. The fraction of sp³-hybridized carbons (Fsp3) is 0. The number of ketones is 1. The summed E-state index contributed by atoms with van der Waals surface area (Å²) in [4.78, 5) is 12.3. The number of nitrogens with two attached hydrogens (primary N) is 2. The van der Waals surface area contributed by atoms with Gasteiger partial charge < -0.3 is 21.7 Å². The molecule has 104 valence electrons. The van der Waals surface area contributed by atoms with Crippen LogP contribution in [0.1, 0.15) is 15.9 Å². The van der Waals surface area contributed by atoms with E-state index in [1.54, 1.807) is 0 Å². The quantitative estimate of drug-likeness (QED) is 0.387. The molecule has 0 radical (unpaired) electrons. The molecule has 0 saturated heterocycles.